The Kier molecular flexibility index (Phi) is 3.13. The Morgan fingerprint density at radius 1 is 1.00 bits per heavy atom. The molecule has 3 saturated carbocycles. The van der Waals surface area contributed by atoms with Gasteiger partial charge in [-0.05, 0) is 85.4 Å². The minimum absolute atomic E-state index is 0.0240. The van der Waals surface area contributed by atoms with Crippen LogP contribution >= 0.6 is 0 Å². The van der Waals surface area contributed by atoms with E-state index >= 15 is 0 Å². The first-order chi connectivity index (χ1) is 9.94. The third-order valence-electron chi connectivity index (χ3n) is 8.33. The van der Waals surface area contributed by atoms with E-state index in [4.69, 9.17) is 0 Å². The minimum atomic E-state index is -0.0240. The van der Waals surface area contributed by atoms with Crippen LogP contribution in [-0.2, 0) is 0 Å². The normalized spacial score (nSPS) is 59.2. The van der Waals surface area contributed by atoms with Gasteiger partial charge in [0.2, 0.25) is 0 Å². The van der Waals surface area contributed by atoms with Crippen LogP contribution in [-0.4, -0.2) is 11.2 Å². The number of aliphatic hydroxyl groups is 1. The molecule has 118 valence electrons. The van der Waals surface area contributed by atoms with Crippen LogP contribution in [0.5, 0.6) is 0 Å². The first-order valence-electron chi connectivity index (χ1n) is 9.30. The van der Waals surface area contributed by atoms with E-state index in [9.17, 15) is 5.11 Å². The Hall–Kier alpha value is -0.300. The molecular formula is C20H32O. The summed E-state index contributed by atoms with van der Waals surface area (Å²) in [4.78, 5) is 0. The lowest BCUT2D eigenvalue weighted by molar-refractivity contribution is -0.138. The fraction of sp³-hybridized carbons (Fsp3) is 0.900. The lowest BCUT2D eigenvalue weighted by Crippen LogP contribution is -2.55. The number of hydrogen-bond acceptors (Lipinski definition) is 1. The number of allylic oxidation sites excluding steroid dienone is 2. The lowest BCUT2D eigenvalue weighted by Gasteiger charge is -2.62. The van der Waals surface area contributed by atoms with Crippen LogP contribution in [0.2, 0.25) is 0 Å². The third kappa shape index (κ3) is 1.92. The summed E-state index contributed by atoms with van der Waals surface area (Å²) in [6, 6.07) is 0. The van der Waals surface area contributed by atoms with Crippen molar-refractivity contribution in [1.82, 2.24) is 0 Å². The Morgan fingerprint density at radius 3 is 2.62 bits per heavy atom. The second-order valence-corrected chi connectivity index (χ2v) is 9.31. The molecule has 0 aliphatic heterocycles. The van der Waals surface area contributed by atoms with Gasteiger partial charge in [-0.2, -0.15) is 0 Å². The van der Waals surface area contributed by atoms with Crippen LogP contribution in [0.1, 0.15) is 65.7 Å². The quantitative estimate of drug-likeness (QED) is 0.635. The van der Waals surface area contributed by atoms with Crippen molar-refractivity contribution in [3.05, 3.63) is 12.2 Å². The monoisotopic (exact) mass is 288 g/mol. The Morgan fingerprint density at radius 2 is 1.81 bits per heavy atom. The molecule has 8 atom stereocenters. The van der Waals surface area contributed by atoms with Gasteiger partial charge in [-0.3, -0.25) is 0 Å². The van der Waals surface area contributed by atoms with E-state index in [0.29, 0.717) is 10.8 Å². The largest absolute Gasteiger partial charge is 0.393 e. The highest BCUT2D eigenvalue weighted by atomic mass is 16.3. The molecule has 0 aromatic rings. The van der Waals surface area contributed by atoms with E-state index in [1.807, 2.05) is 0 Å². The molecule has 21 heavy (non-hydrogen) atoms. The van der Waals surface area contributed by atoms with Crippen molar-refractivity contribution in [2.24, 2.45) is 40.4 Å². The molecule has 0 spiro atoms. The summed E-state index contributed by atoms with van der Waals surface area (Å²) in [5.74, 6) is 4.33. The summed E-state index contributed by atoms with van der Waals surface area (Å²) in [7, 11) is 0. The molecule has 1 heteroatoms. The van der Waals surface area contributed by atoms with Crippen molar-refractivity contribution in [3.63, 3.8) is 0 Å². The van der Waals surface area contributed by atoms with Crippen LogP contribution in [0, 0.1) is 40.4 Å². The molecule has 0 heterocycles. The van der Waals surface area contributed by atoms with Crippen molar-refractivity contribution in [3.8, 4) is 0 Å². The second kappa shape index (κ2) is 4.60. The van der Waals surface area contributed by atoms with E-state index in [-0.39, 0.29) is 6.10 Å². The molecule has 0 bridgehead atoms. The first kappa shape index (κ1) is 14.3. The van der Waals surface area contributed by atoms with Crippen molar-refractivity contribution in [2.45, 2.75) is 71.8 Å². The summed E-state index contributed by atoms with van der Waals surface area (Å²) < 4.78 is 0. The van der Waals surface area contributed by atoms with Crippen LogP contribution in [0.3, 0.4) is 0 Å². The van der Waals surface area contributed by atoms with Crippen LogP contribution < -0.4 is 0 Å². The molecule has 0 radical (unpaired) electrons. The maximum absolute atomic E-state index is 10.2. The summed E-state index contributed by atoms with van der Waals surface area (Å²) >= 11 is 0. The topological polar surface area (TPSA) is 20.2 Å². The van der Waals surface area contributed by atoms with E-state index in [2.05, 4.69) is 32.9 Å². The Bertz CT molecular complexity index is 455. The molecule has 1 nitrogen and oxygen atoms in total. The summed E-state index contributed by atoms with van der Waals surface area (Å²) in [5, 5.41) is 10.2. The maximum Gasteiger partial charge on any atom is 0.0543 e. The third-order valence-corrected chi connectivity index (χ3v) is 8.33. The van der Waals surface area contributed by atoms with Crippen LogP contribution in [0.25, 0.3) is 0 Å². The van der Waals surface area contributed by atoms with Gasteiger partial charge in [0, 0.05) is 0 Å². The first-order valence-corrected chi connectivity index (χ1v) is 9.30. The Labute approximate surface area is 130 Å². The minimum Gasteiger partial charge on any atom is -0.393 e. The van der Waals surface area contributed by atoms with Gasteiger partial charge >= 0.3 is 0 Å². The fourth-order valence-electron chi connectivity index (χ4n) is 7.20. The van der Waals surface area contributed by atoms with Gasteiger partial charge in [-0.1, -0.05) is 32.9 Å². The number of fused-ring (bicyclic) bond motifs is 5. The highest BCUT2D eigenvalue weighted by Crippen LogP contribution is 2.66. The van der Waals surface area contributed by atoms with E-state index in [0.717, 1.165) is 42.4 Å². The predicted octanol–water partition coefficient (Wildman–Crippen LogP) is 4.80. The van der Waals surface area contributed by atoms with E-state index in [1.54, 1.807) is 0 Å². The Balaban J connectivity index is 1.67. The van der Waals surface area contributed by atoms with Gasteiger partial charge in [-0.15, -0.1) is 0 Å². The highest BCUT2D eigenvalue weighted by molar-refractivity contribution is 5.16. The molecule has 5 unspecified atom stereocenters. The predicted molar refractivity (Wildman–Crippen MR) is 86.8 cm³/mol. The SMILES string of the molecule is C[C@@H]1CC2C(CC[C@]3(C)C=CCC23)[C@@]2(C)CCC(O)CC12. The molecular weight excluding hydrogens is 256 g/mol. The summed E-state index contributed by atoms with van der Waals surface area (Å²) in [6.45, 7) is 7.58. The molecule has 3 fully saturated rings. The van der Waals surface area contributed by atoms with Crippen molar-refractivity contribution in [1.29, 1.82) is 0 Å². The van der Waals surface area contributed by atoms with Crippen molar-refractivity contribution >= 4 is 0 Å². The summed E-state index contributed by atoms with van der Waals surface area (Å²) in [5.41, 5.74) is 1.00. The van der Waals surface area contributed by atoms with Gasteiger partial charge < -0.3 is 5.11 Å². The van der Waals surface area contributed by atoms with E-state index in [1.165, 1.54) is 32.1 Å². The fourth-order valence-corrected chi connectivity index (χ4v) is 7.20. The van der Waals surface area contributed by atoms with Crippen molar-refractivity contribution in [2.75, 3.05) is 0 Å². The zero-order valence-electron chi connectivity index (χ0n) is 14.0. The second-order valence-electron chi connectivity index (χ2n) is 9.31. The summed E-state index contributed by atoms with van der Waals surface area (Å²) in [6.07, 6.45) is 13.9. The van der Waals surface area contributed by atoms with Crippen LogP contribution in [0.15, 0.2) is 12.2 Å². The number of hydrogen-bond donors (Lipinski definition) is 1. The molecule has 0 saturated heterocycles. The average molecular weight is 288 g/mol. The number of aliphatic hydroxyl groups excluding tert-OH is 1. The average Bonchev–Trinajstić information content (AvgIpc) is 2.83. The van der Waals surface area contributed by atoms with Gasteiger partial charge in [0.15, 0.2) is 0 Å². The number of rotatable bonds is 0. The zero-order valence-corrected chi connectivity index (χ0v) is 14.0. The highest BCUT2D eigenvalue weighted by Gasteiger charge is 2.58. The van der Waals surface area contributed by atoms with Crippen molar-refractivity contribution < 1.29 is 5.11 Å². The lowest BCUT2D eigenvalue weighted by atomic mass is 9.43. The molecule has 1 N–H and O–H groups in total. The molecule has 0 aromatic carbocycles. The molecule has 0 amide bonds. The van der Waals surface area contributed by atoms with E-state index < -0.39 is 0 Å². The zero-order chi connectivity index (χ0) is 14.8. The molecule has 0 aromatic heterocycles. The van der Waals surface area contributed by atoms with Gasteiger partial charge in [-0.25, -0.2) is 0 Å². The maximum atomic E-state index is 10.2. The molecule has 4 aliphatic carbocycles. The van der Waals surface area contributed by atoms with Gasteiger partial charge in [0.05, 0.1) is 6.10 Å². The van der Waals surface area contributed by atoms with Gasteiger partial charge in [0.1, 0.15) is 0 Å². The smallest absolute Gasteiger partial charge is 0.0543 e. The molecule has 4 aliphatic rings. The van der Waals surface area contributed by atoms with Crippen LogP contribution in [0.4, 0.5) is 0 Å². The molecule has 4 rings (SSSR count). The standard InChI is InChI=1S/C20H32O/c1-13-11-15-16-5-4-8-19(16,2)9-7-17(15)20(3)10-6-14(21)12-18(13)20/h4,8,13-18,21H,5-7,9-12H2,1-3H3/t13-,14?,15?,16?,17?,18?,19+,20-/m1/s1. The van der Waals surface area contributed by atoms with Gasteiger partial charge in [0.25, 0.3) is 0 Å².